The van der Waals surface area contributed by atoms with E-state index in [4.69, 9.17) is 4.99 Å². The smallest absolute Gasteiger partial charge is 0.224 e. The quantitative estimate of drug-likeness (QED) is 0.459. The third-order valence-corrected chi connectivity index (χ3v) is 7.68. The molecule has 3 unspecified atom stereocenters. The van der Waals surface area contributed by atoms with Crippen molar-refractivity contribution in [3.63, 3.8) is 0 Å². The van der Waals surface area contributed by atoms with Gasteiger partial charge in [0.2, 0.25) is 5.91 Å². The van der Waals surface area contributed by atoms with Crippen molar-refractivity contribution >= 4 is 34.5 Å². The molecule has 2 aliphatic rings. The molecular weight excluding hydrogens is 462 g/mol. The van der Waals surface area contributed by atoms with Crippen LogP contribution in [0.4, 0.5) is 17.1 Å². The van der Waals surface area contributed by atoms with Crippen LogP contribution < -0.4 is 9.80 Å². The second-order valence-electron chi connectivity index (χ2n) is 9.83. The third kappa shape index (κ3) is 4.64. The topological polar surface area (TPSA) is 73.2 Å². The van der Waals surface area contributed by atoms with E-state index in [1.165, 1.54) is 0 Å². The number of rotatable bonds is 5. The maximum Gasteiger partial charge on any atom is 0.224 e. The van der Waals surface area contributed by atoms with E-state index in [-0.39, 0.29) is 23.4 Å². The summed E-state index contributed by atoms with van der Waals surface area (Å²) in [4.78, 5) is 36.2. The summed E-state index contributed by atoms with van der Waals surface area (Å²) in [5.41, 5.74) is 5.30. The van der Waals surface area contributed by atoms with E-state index in [9.17, 15) is 14.7 Å². The van der Waals surface area contributed by atoms with Crippen LogP contribution in [0.1, 0.15) is 56.7 Å². The van der Waals surface area contributed by atoms with Crippen molar-refractivity contribution in [2.45, 2.75) is 45.6 Å². The van der Waals surface area contributed by atoms with E-state index < -0.39 is 12.0 Å². The van der Waals surface area contributed by atoms with E-state index in [1.54, 1.807) is 24.0 Å². The molecule has 0 aromatic heterocycles. The fraction of sp³-hybridized carbons (Fsp3) is 0.323. The minimum absolute atomic E-state index is 0.0233. The number of ketones is 1. The molecule has 190 valence electrons. The number of hydrogen-bond acceptors (Lipinski definition) is 5. The summed E-state index contributed by atoms with van der Waals surface area (Å²) in [6.45, 7) is 7.63. The monoisotopic (exact) mass is 495 g/mol. The van der Waals surface area contributed by atoms with Crippen molar-refractivity contribution < 1.29 is 14.7 Å². The number of aliphatic imine (C=N–C) groups is 1. The van der Waals surface area contributed by atoms with Gasteiger partial charge in [-0.2, -0.15) is 0 Å². The number of aromatic hydroxyl groups is 1. The fourth-order valence-electron chi connectivity index (χ4n) is 5.86. The Balaban J connectivity index is 1.62. The Morgan fingerprint density at radius 2 is 1.59 bits per heavy atom. The van der Waals surface area contributed by atoms with Gasteiger partial charge in [-0.05, 0) is 73.7 Å². The molecule has 0 spiro atoms. The van der Waals surface area contributed by atoms with Crippen LogP contribution in [0.15, 0.2) is 77.8 Å². The number of phenolic OH excluding ortho intramolecular Hbond substituents is 1. The summed E-state index contributed by atoms with van der Waals surface area (Å²) in [7, 11) is 0. The van der Waals surface area contributed by atoms with E-state index in [0.29, 0.717) is 18.5 Å². The molecule has 3 aromatic rings. The molecule has 37 heavy (non-hydrogen) atoms. The van der Waals surface area contributed by atoms with Crippen molar-refractivity contribution in [3.05, 3.63) is 83.9 Å². The molecule has 3 atom stereocenters. The molecule has 1 saturated carbocycles. The van der Waals surface area contributed by atoms with Gasteiger partial charge in [0.05, 0.1) is 23.3 Å². The Morgan fingerprint density at radius 3 is 2.24 bits per heavy atom. The lowest BCUT2D eigenvalue weighted by Crippen LogP contribution is -2.45. The number of benzene rings is 3. The molecule has 1 N–H and O–H groups in total. The number of Topliss-reactive ketones (excluding diaryl/α,β-unsaturated/α-hetero) is 1. The zero-order valence-corrected chi connectivity index (χ0v) is 21.6. The zero-order valence-electron chi connectivity index (χ0n) is 21.6. The molecule has 0 bridgehead atoms. The normalized spacial score (nSPS) is 20.9. The SMILES string of the molecule is CCN(CC)c1ccc(C2C3C(=O)CC(c4ccc(O)cc4)CC3=Nc3ccccc3N2C(C)=O)cc1. The minimum atomic E-state index is -0.524. The van der Waals surface area contributed by atoms with E-state index in [2.05, 4.69) is 43.0 Å². The number of phenols is 1. The van der Waals surface area contributed by atoms with Crippen LogP contribution in [0.5, 0.6) is 5.75 Å². The Bertz CT molecular complexity index is 1330. The van der Waals surface area contributed by atoms with Gasteiger partial charge in [0, 0.05) is 37.8 Å². The van der Waals surface area contributed by atoms with Crippen LogP contribution >= 0.6 is 0 Å². The molecule has 0 radical (unpaired) electrons. The van der Waals surface area contributed by atoms with E-state index in [0.717, 1.165) is 41.3 Å². The highest BCUT2D eigenvalue weighted by atomic mass is 16.3. The lowest BCUT2D eigenvalue weighted by molar-refractivity contribution is -0.123. The summed E-state index contributed by atoms with van der Waals surface area (Å²) < 4.78 is 0. The zero-order chi connectivity index (χ0) is 26.1. The van der Waals surface area contributed by atoms with Crippen molar-refractivity contribution in [3.8, 4) is 5.75 Å². The van der Waals surface area contributed by atoms with Crippen LogP contribution in [0.2, 0.25) is 0 Å². The van der Waals surface area contributed by atoms with Gasteiger partial charge in [0.25, 0.3) is 0 Å². The van der Waals surface area contributed by atoms with Crippen molar-refractivity contribution in [1.29, 1.82) is 0 Å². The van der Waals surface area contributed by atoms with Gasteiger partial charge in [0.15, 0.2) is 0 Å². The van der Waals surface area contributed by atoms with Gasteiger partial charge >= 0.3 is 0 Å². The lowest BCUT2D eigenvalue weighted by Gasteiger charge is -2.38. The predicted octanol–water partition coefficient (Wildman–Crippen LogP) is 6.18. The van der Waals surface area contributed by atoms with Crippen LogP contribution in [-0.4, -0.2) is 35.6 Å². The van der Waals surface area contributed by atoms with Gasteiger partial charge < -0.3 is 14.9 Å². The molecule has 0 saturated heterocycles. The number of fused-ring (bicyclic) bond motifs is 2. The minimum Gasteiger partial charge on any atom is -0.508 e. The Kier molecular flexibility index (Phi) is 6.83. The lowest BCUT2D eigenvalue weighted by atomic mass is 9.72. The number of amides is 1. The molecule has 1 aliphatic heterocycles. The highest BCUT2D eigenvalue weighted by Crippen LogP contribution is 2.47. The second kappa shape index (κ2) is 10.2. The first-order valence-electron chi connectivity index (χ1n) is 13.0. The summed E-state index contributed by atoms with van der Waals surface area (Å²) in [5.74, 6) is -0.376. The molecule has 6 heteroatoms. The van der Waals surface area contributed by atoms with Crippen molar-refractivity contribution in [2.24, 2.45) is 10.9 Å². The first-order chi connectivity index (χ1) is 17.9. The number of hydrogen-bond donors (Lipinski definition) is 1. The Hall–Kier alpha value is -3.93. The number of para-hydroxylation sites is 2. The second-order valence-corrected chi connectivity index (χ2v) is 9.83. The molecule has 1 heterocycles. The molecule has 3 aromatic carbocycles. The number of nitrogens with zero attached hydrogens (tertiary/aromatic N) is 3. The average Bonchev–Trinajstić information content (AvgIpc) is 3.05. The summed E-state index contributed by atoms with van der Waals surface area (Å²) in [5, 5.41) is 9.74. The average molecular weight is 496 g/mol. The number of carbonyl (C=O) groups is 2. The molecule has 5 rings (SSSR count). The van der Waals surface area contributed by atoms with Gasteiger partial charge in [-0.15, -0.1) is 0 Å². The summed E-state index contributed by atoms with van der Waals surface area (Å²) in [6.07, 6.45) is 0.986. The fourth-order valence-corrected chi connectivity index (χ4v) is 5.86. The molecule has 1 fully saturated rings. The largest absolute Gasteiger partial charge is 0.508 e. The highest BCUT2D eigenvalue weighted by Gasteiger charge is 2.45. The Labute approximate surface area is 218 Å². The van der Waals surface area contributed by atoms with Crippen LogP contribution in [0, 0.1) is 5.92 Å². The summed E-state index contributed by atoms with van der Waals surface area (Å²) >= 11 is 0. The third-order valence-electron chi connectivity index (χ3n) is 7.68. The first kappa shape index (κ1) is 24.8. The van der Waals surface area contributed by atoms with Crippen LogP contribution in [0.3, 0.4) is 0 Å². The maximum atomic E-state index is 13.9. The maximum absolute atomic E-state index is 13.9. The number of carbonyl (C=O) groups excluding carboxylic acids is 2. The van der Waals surface area contributed by atoms with Gasteiger partial charge in [-0.1, -0.05) is 36.4 Å². The van der Waals surface area contributed by atoms with Crippen molar-refractivity contribution in [2.75, 3.05) is 22.9 Å². The van der Waals surface area contributed by atoms with Gasteiger partial charge in [0.1, 0.15) is 11.5 Å². The Morgan fingerprint density at radius 1 is 0.946 bits per heavy atom. The first-order valence-corrected chi connectivity index (χ1v) is 13.0. The van der Waals surface area contributed by atoms with Crippen molar-refractivity contribution in [1.82, 2.24) is 0 Å². The van der Waals surface area contributed by atoms with Gasteiger partial charge in [-0.25, -0.2) is 0 Å². The standard InChI is InChI=1S/C31H33N3O3/c1-4-33(5-2)24-14-10-22(11-15-24)31-30-27(32-26-8-6-7-9-28(26)34(31)20(3)35)18-23(19-29(30)37)21-12-16-25(36)17-13-21/h6-17,23,30-31,36H,4-5,18-19H2,1-3H3. The molecule has 1 amide bonds. The predicted molar refractivity (Wildman–Crippen MR) is 148 cm³/mol. The van der Waals surface area contributed by atoms with Gasteiger partial charge in [-0.3, -0.25) is 14.6 Å². The summed E-state index contributed by atoms with van der Waals surface area (Å²) in [6, 6.07) is 22.5. The van der Waals surface area contributed by atoms with Crippen LogP contribution in [0.25, 0.3) is 0 Å². The molecular formula is C31H33N3O3. The van der Waals surface area contributed by atoms with E-state index >= 15 is 0 Å². The number of anilines is 2. The molecule has 1 aliphatic carbocycles. The van der Waals surface area contributed by atoms with E-state index in [1.807, 2.05) is 36.4 Å². The highest BCUT2D eigenvalue weighted by molar-refractivity contribution is 6.13. The molecule has 6 nitrogen and oxygen atoms in total. The van der Waals surface area contributed by atoms with Crippen LogP contribution in [-0.2, 0) is 9.59 Å².